The number of hydrogen-bond donors (Lipinski definition) is 2. The molecule has 0 spiro atoms. The van der Waals surface area contributed by atoms with Crippen LogP contribution in [0.25, 0.3) is 5.57 Å². The highest BCUT2D eigenvalue weighted by Gasteiger charge is 2.31. The molecule has 0 aromatic heterocycles. The quantitative estimate of drug-likeness (QED) is 0.347. The molecule has 0 fully saturated rings. The van der Waals surface area contributed by atoms with Crippen molar-refractivity contribution in [3.8, 4) is 0 Å². The van der Waals surface area contributed by atoms with Crippen molar-refractivity contribution < 1.29 is 19.1 Å². The second-order valence-corrected chi connectivity index (χ2v) is 9.13. The van der Waals surface area contributed by atoms with Crippen molar-refractivity contribution in [1.29, 1.82) is 0 Å². The molecule has 1 aliphatic rings. The molecule has 3 N–H and O–H groups in total. The van der Waals surface area contributed by atoms with Crippen LogP contribution in [-0.2, 0) is 20.9 Å². The molecule has 0 bridgehead atoms. The number of nitrogens with zero attached hydrogens (tertiary/aromatic N) is 1. The summed E-state index contributed by atoms with van der Waals surface area (Å²) in [5.41, 5.74) is 8.76. The standard InChI is InChI=1S/C27H23Cl2N3O4/c1-32(20-9-7-17(8-10-20)26(30)34)24(33)12-18-11-23(27(35)36-15-16-5-3-2-4-6-16)31-22-14-19(28)13-21(29)25(18)22/h2-10,12-14,23,31H,11,15H2,1H3,(H2,30,34). The smallest absolute Gasteiger partial charge is 0.329 e. The number of halogens is 2. The first-order valence-corrected chi connectivity index (χ1v) is 11.8. The van der Waals surface area contributed by atoms with Gasteiger partial charge in [-0.1, -0.05) is 53.5 Å². The third-order valence-electron chi connectivity index (χ3n) is 5.81. The van der Waals surface area contributed by atoms with E-state index in [9.17, 15) is 14.4 Å². The summed E-state index contributed by atoms with van der Waals surface area (Å²) in [5.74, 6) is -1.36. The Bertz CT molecular complexity index is 1340. The molecule has 0 aliphatic carbocycles. The highest BCUT2D eigenvalue weighted by atomic mass is 35.5. The van der Waals surface area contributed by atoms with Gasteiger partial charge in [-0.05, 0) is 47.5 Å². The van der Waals surface area contributed by atoms with Gasteiger partial charge >= 0.3 is 5.97 Å². The van der Waals surface area contributed by atoms with Gasteiger partial charge in [0.1, 0.15) is 12.6 Å². The molecule has 3 aromatic rings. The van der Waals surface area contributed by atoms with Crippen LogP contribution in [0.2, 0.25) is 10.0 Å². The van der Waals surface area contributed by atoms with Crippen molar-refractivity contribution in [3.05, 3.63) is 99.5 Å². The highest BCUT2D eigenvalue weighted by molar-refractivity contribution is 6.36. The predicted molar refractivity (Wildman–Crippen MR) is 141 cm³/mol. The molecule has 0 saturated carbocycles. The summed E-state index contributed by atoms with van der Waals surface area (Å²) < 4.78 is 5.52. The average molecular weight is 524 g/mol. The maximum Gasteiger partial charge on any atom is 0.329 e. The zero-order valence-electron chi connectivity index (χ0n) is 19.3. The molecule has 1 aliphatic heterocycles. The number of hydrogen-bond acceptors (Lipinski definition) is 5. The van der Waals surface area contributed by atoms with Crippen LogP contribution in [0, 0.1) is 0 Å². The Hall–Kier alpha value is -3.81. The molecule has 2 amide bonds. The van der Waals surface area contributed by atoms with Crippen LogP contribution in [0.4, 0.5) is 11.4 Å². The number of carbonyl (C=O) groups is 3. The molecule has 1 atom stereocenters. The number of fused-ring (bicyclic) bond motifs is 1. The van der Waals surface area contributed by atoms with Crippen LogP contribution >= 0.6 is 23.2 Å². The van der Waals surface area contributed by atoms with Gasteiger partial charge in [0.05, 0.1) is 5.02 Å². The number of nitrogens with one attached hydrogen (secondary N) is 1. The van der Waals surface area contributed by atoms with Crippen LogP contribution in [-0.4, -0.2) is 30.9 Å². The predicted octanol–water partition coefficient (Wildman–Crippen LogP) is 5.07. The van der Waals surface area contributed by atoms with Crippen molar-refractivity contribution in [2.75, 3.05) is 17.3 Å². The Balaban J connectivity index is 1.59. The molecule has 3 aromatic carbocycles. The first kappa shape index (κ1) is 25.3. The first-order valence-electron chi connectivity index (χ1n) is 11.1. The summed E-state index contributed by atoms with van der Waals surface area (Å²) in [6.07, 6.45) is 1.63. The highest BCUT2D eigenvalue weighted by Crippen LogP contribution is 2.41. The number of rotatable bonds is 6. The third kappa shape index (κ3) is 5.70. The van der Waals surface area contributed by atoms with Crippen LogP contribution in [0.3, 0.4) is 0 Å². The molecule has 184 valence electrons. The maximum absolute atomic E-state index is 13.2. The lowest BCUT2D eigenvalue weighted by Gasteiger charge is -2.29. The lowest BCUT2D eigenvalue weighted by atomic mass is 9.91. The van der Waals surface area contributed by atoms with Gasteiger partial charge in [-0.3, -0.25) is 9.59 Å². The normalized spacial score (nSPS) is 15.5. The number of benzene rings is 3. The SMILES string of the molecule is CN(C(=O)C=C1CC(C(=O)OCc2ccccc2)Nc2cc(Cl)cc(Cl)c21)c1ccc(C(N)=O)cc1. The van der Waals surface area contributed by atoms with Crippen molar-refractivity contribution in [2.45, 2.75) is 19.1 Å². The topological polar surface area (TPSA) is 102 Å². The fourth-order valence-electron chi connectivity index (χ4n) is 3.90. The molecule has 0 saturated heterocycles. The average Bonchev–Trinajstić information content (AvgIpc) is 2.86. The molecule has 9 heteroatoms. The molecular formula is C27H23Cl2N3O4. The van der Waals surface area contributed by atoms with E-state index in [2.05, 4.69) is 5.32 Å². The number of nitrogens with two attached hydrogens (primary N) is 1. The second-order valence-electron chi connectivity index (χ2n) is 8.28. The number of anilines is 2. The molecule has 1 unspecified atom stereocenters. The summed E-state index contributed by atoms with van der Waals surface area (Å²) >= 11 is 12.7. The summed E-state index contributed by atoms with van der Waals surface area (Å²) in [6.45, 7) is 0.128. The number of likely N-dealkylation sites (N-methyl/N-ethyl adjacent to an activating group) is 1. The summed E-state index contributed by atoms with van der Waals surface area (Å²) in [4.78, 5) is 38.8. The van der Waals surface area contributed by atoms with E-state index in [4.69, 9.17) is 33.7 Å². The number of ether oxygens (including phenoxy) is 1. The minimum Gasteiger partial charge on any atom is -0.459 e. The van der Waals surface area contributed by atoms with Crippen LogP contribution in [0.5, 0.6) is 0 Å². The number of carbonyl (C=O) groups excluding carboxylic acids is 3. The fraction of sp³-hybridized carbons (Fsp3) is 0.148. The summed E-state index contributed by atoms with van der Waals surface area (Å²) in [7, 11) is 1.61. The van der Waals surface area contributed by atoms with E-state index in [0.29, 0.717) is 38.1 Å². The van der Waals surface area contributed by atoms with Gasteiger partial charge in [0.25, 0.3) is 5.91 Å². The van der Waals surface area contributed by atoms with Gasteiger partial charge in [0.15, 0.2) is 0 Å². The molecule has 36 heavy (non-hydrogen) atoms. The Morgan fingerprint density at radius 3 is 2.44 bits per heavy atom. The van der Waals surface area contributed by atoms with Gasteiger partial charge in [-0.25, -0.2) is 4.79 Å². The number of esters is 1. The third-order valence-corrected chi connectivity index (χ3v) is 6.32. The lowest BCUT2D eigenvalue weighted by molar-refractivity contribution is -0.145. The summed E-state index contributed by atoms with van der Waals surface area (Å²) in [6, 6.07) is 18.2. The van der Waals surface area contributed by atoms with Gasteiger partial charge in [-0.15, -0.1) is 0 Å². The monoisotopic (exact) mass is 523 g/mol. The Morgan fingerprint density at radius 2 is 1.78 bits per heavy atom. The van der Waals surface area contributed by atoms with Crippen LogP contribution in [0.15, 0.2) is 72.8 Å². The van der Waals surface area contributed by atoms with Gasteiger partial charge in [0.2, 0.25) is 5.91 Å². The van der Waals surface area contributed by atoms with Crippen molar-refractivity contribution in [3.63, 3.8) is 0 Å². The zero-order chi connectivity index (χ0) is 25.8. The van der Waals surface area contributed by atoms with E-state index >= 15 is 0 Å². The van der Waals surface area contributed by atoms with Crippen molar-refractivity contribution in [2.24, 2.45) is 5.73 Å². The van der Waals surface area contributed by atoms with E-state index < -0.39 is 17.9 Å². The van der Waals surface area contributed by atoms with Gasteiger partial charge < -0.3 is 20.7 Å². The van der Waals surface area contributed by atoms with Crippen LogP contribution in [0.1, 0.15) is 27.9 Å². The number of primary amides is 1. The van der Waals surface area contributed by atoms with Gasteiger partial charge in [0, 0.05) is 47.1 Å². The van der Waals surface area contributed by atoms with Crippen LogP contribution < -0.4 is 16.0 Å². The largest absolute Gasteiger partial charge is 0.459 e. The lowest BCUT2D eigenvalue weighted by Crippen LogP contribution is -2.35. The molecule has 1 heterocycles. The molecule has 7 nitrogen and oxygen atoms in total. The minimum absolute atomic E-state index is 0.128. The fourth-order valence-corrected chi connectivity index (χ4v) is 4.51. The van der Waals surface area contributed by atoms with E-state index in [-0.39, 0.29) is 18.9 Å². The Kier molecular flexibility index (Phi) is 7.62. The number of amides is 2. The zero-order valence-corrected chi connectivity index (χ0v) is 20.8. The van der Waals surface area contributed by atoms with Crippen molar-refractivity contribution >= 4 is 57.9 Å². The van der Waals surface area contributed by atoms with E-state index in [0.717, 1.165) is 5.56 Å². The Labute approximate surface area is 218 Å². The van der Waals surface area contributed by atoms with E-state index in [1.807, 2.05) is 30.3 Å². The second kappa shape index (κ2) is 10.8. The maximum atomic E-state index is 13.2. The Morgan fingerprint density at radius 1 is 1.08 bits per heavy atom. The summed E-state index contributed by atoms with van der Waals surface area (Å²) in [5, 5.41) is 3.89. The van der Waals surface area contributed by atoms with Crippen molar-refractivity contribution in [1.82, 2.24) is 0 Å². The van der Waals surface area contributed by atoms with Gasteiger partial charge in [-0.2, -0.15) is 0 Å². The first-order chi connectivity index (χ1) is 17.2. The van der Waals surface area contributed by atoms with E-state index in [1.165, 1.54) is 11.0 Å². The molecular weight excluding hydrogens is 501 g/mol. The molecule has 0 radical (unpaired) electrons. The minimum atomic E-state index is -0.741. The molecule has 4 rings (SSSR count). The van der Waals surface area contributed by atoms with E-state index in [1.54, 1.807) is 43.4 Å².